The Hall–Kier alpha value is -5.06. The van der Waals surface area contributed by atoms with Gasteiger partial charge in [0, 0.05) is 43.0 Å². The van der Waals surface area contributed by atoms with Crippen LogP contribution in [0.3, 0.4) is 0 Å². The van der Waals surface area contributed by atoms with Crippen LogP contribution in [0.2, 0.25) is 0 Å². The molecule has 0 atom stereocenters. The number of rotatable bonds is 8. The van der Waals surface area contributed by atoms with E-state index < -0.39 is 17.3 Å². The van der Waals surface area contributed by atoms with E-state index in [9.17, 15) is 0 Å². The highest BCUT2D eigenvalue weighted by Crippen LogP contribution is 2.41. The number of hydrogen-bond acceptors (Lipinski definition) is 8. The van der Waals surface area contributed by atoms with Crippen molar-refractivity contribution >= 4 is 28.0 Å². The van der Waals surface area contributed by atoms with Crippen molar-refractivity contribution in [1.29, 1.82) is 0 Å². The maximum atomic E-state index is 15.8. The molecule has 2 aromatic carbocycles. The summed E-state index contributed by atoms with van der Waals surface area (Å²) in [6, 6.07) is 9.79. The molecule has 3 aromatic heterocycles. The Morgan fingerprint density at radius 1 is 0.900 bits per heavy atom. The van der Waals surface area contributed by atoms with Gasteiger partial charge in [-0.3, -0.25) is 14.6 Å². The first-order valence-electron chi connectivity index (χ1n) is 12.2. The van der Waals surface area contributed by atoms with E-state index in [1.807, 2.05) is 13.2 Å². The van der Waals surface area contributed by atoms with E-state index in [1.165, 1.54) is 26.2 Å². The van der Waals surface area contributed by atoms with Gasteiger partial charge in [-0.05, 0) is 42.8 Å². The van der Waals surface area contributed by atoms with Gasteiger partial charge in [0.15, 0.2) is 23.1 Å². The van der Waals surface area contributed by atoms with Crippen LogP contribution in [0.5, 0.6) is 17.2 Å². The van der Waals surface area contributed by atoms with E-state index in [4.69, 9.17) is 19.2 Å². The van der Waals surface area contributed by atoms with Gasteiger partial charge in [0.25, 0.3) is 0 Å². The van der Waals surface area contributed by atoms with Crippen molar-refractivity contribution < 1.29 is 23.0 Å². The van der Waals surface area contributed by atoms with Crippen LogP contribution < -0.4 is 19.1 Å². The molecule has 40 heavy (non-hydrogen) atoms. The molecule has 0 fully saturated rings. The number of halogens is 2. The third-order valence-corrected chi connectivity index (χ3v) is 6.28. The molecule has 3 heterocycles. The summed E-state index contributed by atoms with van der Waals surface area (Å²) in [6.07, 6.45) is 8.35. The summed E-state index contributed by atoms with van der Waals surface area (Å²) in [7, 11) is 5.94. The number of methoxy groups -OCH3 is 3. The quantitative estimate of drug-likeness (QED) is 0.238. The average Bonchev–Trinajstić information content (AvgIpc) is 3.42. The molecule has 0 N–H and O–H groups in total. The maximum Gasteiger partial charge on any atom is 0.192 e. The zero-order valence-electron chi connectivity index (χ0n) is 22.5. The van der Waals surface area contributed by atoms with Gasteiger partial charge >= 0.3 is 0 Å². The summed E-state index contributed by atoms with van der Waals surface area (Å²) >= 11 is 0. The van der Waals surface area contributed by atoms with Crippen LogP contribution in [0.1, 0.15) is 12.6 Å². The Balaban J connectivity index is 1.74. The van der Waals surface area contributed by atoms with Gasteiger partial charge in [-0.2, -0.15) is 5.10 Å². The number of nitrogens with zero attached hydrogens (tertiary/aromatic N) is 6. The fourth-order valence-electron chi connectivity index (χ4n) is 4.30. The predicted molar refractivity (Wildman–Crippen MR) is 148 cm³/mol. The van der Waals surface area contributed by atoms with Gasteiger partial charge < -0.3 is 19.1 Å². The van der Waals surface area contributed by atoms with Crippen LogP contribution in [0.25, 0.3) is 27.9 Å². The fourth-order valence-corrected chi connectivity index (χ4v) is 4.30. The minimum absolute atomic E-state index is 0.181. The monoisotopic (exact) mass is 544 g/mol. The molecule has 0 bridgehead atoms. The number of fused-ring (bicyclic) bond motifs is 1. The Labute approximate surface area is 229 Å². The first-order valence-corrected chi connectivity index (χ1v) is 12.2. The molecule has 204 valence electrons. The number of hydrogen-bond donors (Lipinski definition) is 0. The minimum Gasteiger partial charge on any atom is -0.494 e. The maximum absolute atomic E-state index is 15.8. The first kappa shape index (κ1) is 26.5. The smallest absolute Gasteiger partial charge is 0.192 e. The van der Waals surface area contributed by atoms with Crippen molar-refractivity contribution in [2.45, 2.75) is 6.92 Å². The van der Waals surface area contributed by atoms with E-state index in [0.29, 0.717) is 39.4 Å². The van der Waals surface area contributed by atoms with Crippen LogP contribution in [0.4, 0.5) is 20.2 Å². The van der Waals surface area contributed by atoms with Crippen LogP contribution in [-0.4, -0.2) is 46.1 Å². The van der Waals surface area contributed by atoms with Crippen molar-refractivity contribution in [2.75, 3.05) is 26.2 Å². The number of pyridine rings is 1. The SMILES string of the molecule is COc1cccnc1/C(C)=C/N(c1ccc2ncc(-c3cnn(C)c3)nc2c1)c1c(F)c(OC)cc(OC)c1F. The molecule has 5 rings (SSSR count). The fraction of sp³-hybridized carbons (Fsp3) is 0.172. The lowest BCUT2D eigenvalue weighted by Crippen LogP contribution is -2.15. The highest BCUT2D eigenvalue weighted by molar-refractivity contribution is 5.85. The first-order chi connectivity index (χ1) is 19.3. The van der Waals surface area contributed by atoms with Crippen LogP contribution >= 0.6 is 0 Å². The Morgan fingerprint density at radius 3 is 2.27 bits per heavy atom. The van der Waals surface area contributed by atoms with Crippen molar-refractivity contribution in [3.8, 4) is 28.5 Å². The lowest BCUT2D eigenvalue weighted by atomic mass is 10.1. The topological polar surface area (TPSA) is 87.4 Å². The highest BCUT2D eigenvalue weighted by atomic mass is 19.1. The van der Waals surface area contributed by atoms with Gasteiger partial charge in [0.2, 0.25) is 0 Å². The summed E-state index contributed by atoms with van der Waals surface area (Å²) in [4.78, 5) is 15.0. The lowest BCUT2D eigenvalue weighted by Gasteiger charge is -2.25. The molecule has 0 spiro atoms. The summed E-state index contributed by atoms with van der Waals surface area (Å²) in [5.41, 5.74) is 3.60. The second-order valence-corrected chi connectivity index (χ2v) is 8.82. The molecular weight excluding hydrogens is 518 g/mol. The van der Waals surface area contributed by atoms with Crippen molar-refractivity contribution in [3.05, 3.63) is 84.7 Å². The largest absolute Gasteiger partial charge is 0.494 e. The van der Waals surface area contributed by atoms with Crippen molar-refractivity contribution in [2.24, 2.45) is 7.05 Å². The molecule has 0 aliphatic rings. The van der Waals surface area contributed by atoms with E-state index in [1.54, 1.807) is 66.7 Å². The molecular formula is C29H26F2N6O3. The average molecular weight is 545 g/mol. The van der Waals surface area contributed by atoms with Gasteiger partial charge in [0.05, 0.1) is 50.5 Å². The summed E-state index contributed by atoms with van der Waals surface area (Å²) in [5, 5.41) is 4.20. The number of allylic oxidation sites excluding steroid dienone is 1. The molecule has 0 saturated carbocycles. The number of aryl methyl sites for hydroxylation is 1. The zero-order chi connectivity index (χ0) is 28.4. The molecule has 0 amide bonds. The normalized spacial score (nSPS) is 11.5. The van der Waals surface area contributed by atoms with Crippen molar-refractivity contribution in [1.82, 2.24) is 24.7 Å². The summed E-state index contributed by atoms with van der Waals surface area (Å²) < 4.78 is 49.2. The van der Waals surface area contributed by atoms with Crippen LogP contribution in [-0.2, 0) is 7.05 Å². The van der Waals surface area contributed by atoms with E-state index in [-0.39, 0.29) is 11.5 Å². The Kier molecular flexibility index (Phi) is 7.28. The summed E-state index contributed by atoms with van der Waals surface area (Å²) in [5.74, 6) is -1.68. The third kappa shape index (κ3) is 4.89. The van der Waals surface area contributed by atoms with Gasteiger partial charge in [0.1, 0.15) is 17.1 Å². The van der Waals surface area contributed by atoms with E-state index in [2.05, 4.69) is 15.1 Å². The molecule has 0 saturated heterocycles. The number of aromatic nitrogens is 5. The minimum atomic E-state index is -0.909. The Morgan fingerprint density at radius 2 is 1.62 bits per heavy atom. The molecule has 5 aromatic rings. The Bertz CT molecular complexity index is 1710. The lowest BCUT2D eigenvalue weighted by molar-refractivity contribution is 0.359. The third-order valence-electron chi connectivity index (χ3n) is 6.28. The van der Waals surface area contributed by atoms with Crippen LogP contribution in [0, 0.1) is 11.6 Å². The molecule has 0 radical (unpaired) electrons. The zero-order valence-corrected chi connectivity index (χ0v) is 22.5. The van der Waals surface area contributed by atoms with E-state index in [0.717, 1.165) is 11.6 Å². The van der Waals surface area contributed by atoms with Gasteiger partial charge in [-0.15, -0.1) is 0 Å². The molecule has 0 aliphatic carbocycles. The molecule has 11 heteroatoms. The predicted octanol–water partition coefficient (Wildman–Crippen LogP) is 5.93. The van der Waals surface area contributed by atoms with Crippen molar-refractivity contribution in [3.63, 3.8) is 0 Å². The number of ether oxygens (including phenoxy) is 3. The molecule has 0 unspecified atom stereocenters. The second-order valence-electron chi connectivity index (χ2n) is 8.82. The van der Waals surface area contributed by atoms with Gasteiger partial charge in [-0.1, -0.05) is 0 Å². The highest BCUT2D eigenvalue weighted by Gasteiger charge is 2.26. The molecule has 9 nitrogen and oxygen atoms in total. The standard InChI is InChI=1S/C29H26F2N6O3/c1-17(28-23(38-3)7-6-10-32-28)15-37(29-26(30)24(39-4)12-25(40-5)27(29)31)19-8-9-20-21(11-19)35-22(14-33-20)18-13-34-36(2)16-18/h6-16H,1-5H3/b17-15+. The van der Waals surface area contributed by atoms with Crippen LogP contribution in [0.15, 0.2) is 67.4 Å². The molecule has 0 aliphatic heterocycles. The number of anilines is 2. The number of benzene rings is 2. The van der Waals surface area contributed by atoms with Gasteiger partial charge in [-0.25, -0.2) is 13.8 Å². The van der Waals surface area contributed by atoms with E-state index >= 15 is 8.78 Å². The summed E-state index contributed by atoms with van der Waals surface area (Å²) in [6.45, 7) is 1.77. The second kappa shape index (κ2) is 11.0.